The van der Waals surface area contributed by atoms with Crippen molar-refractivity contribution in [3.05, 3.63) is 35.9 Å². The topological polar surface area (TPSA) is 75.8 Å². The Labute approximate surface area is 125 Å². The van der Waals surface area contributed by atoms with E-state index in [0.717, 1.165) is 31.5 Å². The number of ether oxygens (including phenoxy) is 1. The minimum Gasteiger partial charge on any atom is -0.396 e. The molecule has 1 aliphatic heterocycles. The monoisotopic (exact) mass is 292 g/mol. The van der Waals surface area contributed by atoms with Crippen LogP contribution in [0.5, 0.6) is 0 Å². The Morgan fingerprint density at radius 3 is 2.57 bits per heavy atom. The number of likely N-dealkylation sites (tertiary alicyclic amines) is 1. The van der Waals surface area contributed by atoms with Crippen molar-refractivity contribution in [1.29, 1.82) is 0 Å². The molecule has 1 fully saturated rings. The average molecular weight is 292 g/mol. The van der Waals surface area contributed by atoms with E-state index >= 15 is 0 Å². The second kappa shape index (κ2) is 8.12. The fourth-order valence-corrected chi connectivity index (χ4v) is 2.81. The quantitative estimate of drug-likeness (QED) is 0.737. The van der Waals surface area contributed by atoms with E-state index in [4.69, 9.17) is 15.6 Å². The summed E-state index contributed by atoms with van der Waals surface area (Å²) >= 11 is 0. The van der Waals surface area contributed by atoms with Gasteiger partial charge in [-0.3, -0.25) is 9.69 Å². The molecule has 0 bridgehead atoms. The van der Waals surface area contributed by atoms with E-state index in [1.807, 2.05) is 30.3 Å². The number of primary amides is 1. The number of aliphatic hydroxyl groups excluding tert-OH is 1. The predicted octanol–water partition coefficient (Wildman–Crippen LogP) is 1.08. The first kappa shape index (κ1) is 15.9. The first-order chi connectivity index (χ1) is 10.2. The van der Waals surface area contributed by atoms with Crippen molar-refractivity contribution in [3.63, 3.8) is 0 Å². The minimum atomic E-state index is -0.357. The molecule has 3 N–H and O–H groups in total. The lowest BCUT2D eigenvalue weighted by Crippen LogP contribution is -2.44. The lowest BCUT2D eigenvalue weighted by Gasteiger charge is -2.36. The highest BCUT2D eigenvalue weighted by atomic mass is 16.5. The molecule has 5 heteroatoms. The van der Waals surface area contributed by atoms with E-state index in [1.54, 1.807) is 0 Å². The highest BCUT2D eigenvalue weighted by Gasteiger charge is 2.29. The van der Waals surface area contributed by atoms with Crippen molar-refractivity contribution in [2.24, 2.45) is 5.73 Å². The largest absolute Gasteiger partial charge is 0.396 e. The summed E-state index contributed by atoms with van der Waals surface area (Å²) in [7, 11) is 0. The van der Waals surface area contributed by atoms with Crippen LogP contribution in [0, 0.1) is 0 Å². The summed E-state index contributed by atoms with van der Waals surface area (Å²) < 4.78 is 5.71. The fraction of sp³-hybridized carbons (Fsp3) is 0.562. The number of piperidine rings is 1. The number of aliphatic hydroxyl groups is 1. The van der Waals surface area contributed by atoms with Gasteiger partial charge in [0.1, 0.15) is 6.04 Å². The van der Waals surface area contributed by atoms with Gasteiger partial charge in [0, 0.05) is 26.3 Å². The van der Waals surface area contributed by atoms with Gasteiger partial charge in [0.25, 0.3) is 0 Å². The summed E-state index contributed by atoms with van der Waals surface area (Å²) in [5, 5.41) is 8.76. The van der Waals surface area contributed by atoms with Crippen LogP contribution >= 0.6 is 0 Å². The molecule has 116 valence electrons. The summed E-state index contributed by atoms with van der Waals surface area (Å²) in [6.45, 7) is 2.36. The molecule has 0 saturated carbocycles. The van der Waals surface area contributed by atoms with Gasteiger partial charge in [-0.1, -0.05) is 30.3 Å². The van der Waals surface area contributed by atoms with Crippen molar-refractivity contribution in [2.45, 2.75) is 31.4 Å². The number of nitrogens with zero attached hydrogens (tertiary/aromatic N) is 1. The Balaban J connectivity index is 1.91. The van der Waals surface area contributed by atoms with E-state index in [9.17, 15) is 4.79 Å². The zero-order valence-electron chi connectivity index (χ0n) is 12.3. The Bertz CT molecular complexity index is 430. The number of hydrogen-bond donors (Lipinski definition) is 2. The number of benzene rings is 1. The molecule has 1 unspecified atom stereocenters. The molecule has 1 saturated heterocycles. The smallest absolute Gasteiger partial charge is 0.239 e. The summed E-state index contributed by atoms with van der Waals surface area (Å²) in [5.74, 6) is -0.305. The van der Waals surface area contributed by atoms with Gasteiger partial charge in [0.2, 0.25) is 5.91 Å². The molecule has 1 aliphatic rings. The fourth-order valence-electron chi connectivity index (χ4n) is 2.81. The number of rotatable bonds is 7. The van der Waals surface area contributed by atoms with Gasteiger partial charge >= 0.3 is 0 Å². The Kier molecular flexibility index (Phi) is 6.17. The molecule has 0 aliphatic carbocycles. The SMILES string of the molecule is NC(=O)C(c1ccccc1)N1CCC(OCCCO)CC1. The van der Waals surface area contributed by atoms with E-state index in [1.165, 1.54) is 0 Å². The average Bonchev–Trinajstić information content (AvgIpc) is 2.50. The molecule has 1 aromatic carbocycles. The van der Waals surface area contributed by atoms with Crippen LogP contribution < -0.4 is 5.73 Å². The summed E-state index contributed by atoms with van der Waals surface area (Å²) in [5.41, 5.74) is 6.54. The molecular weight excluding hydrogens is 268 g/mol. The first-order valence-corrected chi connectivity index (χ1v) is 7.53. The molecule has 1 amide bonds. The Morgan fingerprint density at radius 1 is 1.33 bits per heavy atom. The third kappa shape index (κ3) is 4.52. The van der Waals surface area contributed by atoms with Crippen LogP contribution in [-0.4, -0.2) is 48.3 Å². The van der Waals surface area contributed by atoms with Gasteiger partial charge in [-0.05, 0) is 24.8 Å². The molecule has 5 nitrogen and oxygen atoms in total. The lowest BCUT2D eigenvalue weighted by molar-refractivity contribution is -0.124. The Hall–Kier alpha value is -1.43. The maximum atomic E-state index is 11.8. The summed E-state index contributed by atoms with van der Waals surface area (Å²) in [4.78, 5) is 13.9. The van der Waals surface area contributed by atoms with Crippen LogP contribution in [0.25, 0.3) is 0 Å². The van der Waals surface area contributed by atoms with Crippen LogP contribution in [0.15, 0.2) is 30.3 Å². The minimum absolute atomic E-state index is 0.163. The lowest BCUT2D eigenvalue weighted by atomic mass is 10.00. The molecule has 21 heavy (non-hydrogen) atoms. The van der Waals surface area contributed by atoms with Gasteiger partial charge in [-0.15, -0.1) is 0 Å². The number of carbonyl (C=O) groups is 1. The number of nitrogens with two attached hydrogens (primary N) is 1. The number of amides is 1. The maximum absolute atomic E-state index is 11.8. The zero-order valence-corrected chi connectivity index (χ0v) is 12.3. The van der Waals surface area contributed by atoms with Gasteiger partial charge in [-0.2, -0.15) is 0 Å². The van der Waals surface area contributed by atoms with Crippen molar-refractivity contribution >= 4 is 5.91 Å². The van der Waals surface area contributed by atoms with Crippen molar-refractivity contribution in [1.82, 2.24) is 4.90 Å². The normalized spacial score (nSPS) is 18.5. The standard InChI is InChI=1S/C16H24N2O3/c17-16(20)15(13-5-2-1-3-6-13)18-9-7-14(8-10-18)21-12-4-11-19/h1-3,5-6,14-15,19H,4,7-12H2,(H2,17,20). The van der Waals surface area contributed by atoms with Crippen LogP contribution in [0.1, 0.15) is 30.9 Å². The van der Waals surface area contributed by atoms with Gasteiger partial charge in [0.15, 0.2) is 0 Å². The van der Waals surface area contributed by atoms with Crippen molar-refractivity contribution < 1.29 is 14.6 Å². The van der Waals surface area contributed by atoms with Crippen LogP contribution in [0.3, 0.4) is 0 Å². The highest BCUT2D eigenvalue weighted by Crippen LogP contribution is 2.25. The third-order valence-corrected chi connectivity index (χ3v) is 3.88. The molecule has 1 heterocycles. The molecular formula is C16H24N2O3. The molecule has 0 radical (unpaired) electrons. The van der Waals surface area contributed by atoms with Gasteiger partial charge in [0.05, 0.1) is 6.10 Å². The number of carbonyl (C=O) groups excluding carboxylic acids is 1. The zero-order chi connectivity index (χ0) is 15.1. The summed E-state index contributed by atoms with van der Waals surface area (Å²) in [6.07, 6.45) is 2.68. The maximum Gasteiger partial charge on any atom is 0.239 e. The van der Waals surface area contributed by atoms with E-state index < -0.39 is 0 Å². The van der Waals surface area contributed by atoms with Crippen LogP contribution in [0.4, 0.5) is 0 Å². The third-order valence-electron chi connectivity index (χ3n) is 3.88. The van der Waals surface area contributed by atoms with Gasteiger partial charge < -0.3 is 15.6 Å². The van der Waals surface area contributed by atoms with E-state index in [2.05, 4.69) is 4.90 Å². The van der Waals surface area contributed by atoms with Crippen LogP contribution in [0.2, 0.25) is 0 Å². The highest BCUT2D eigenvalue weighted by molar-refractivity contribution is 5.81. The molecule has 1 aromatic rings. The second-order valence-electron chi connectivity index (χ2n) is 5.40. The molecule has 2 rings (SSSR count). The van der Waals surface area contributed by atoms with E-state index in [-0.39, 0.29) is 24.7 Å². The first-order valence-electron chi connectivity index (χ1n) is 7.53. The van der Waals surface area contributed by atoms with Crippen LogP contribution in [-0.2, 0) is 9.53 Å². The number of hydrogen-bond acceptors (Lipinski definition) is 4. The summed E-state index contributed by atoms with van der Waals surface area (Å²) in [6, 6.07) is 9.32. The molecule has 0 spiro atoms. The molecule has 0 aromatic heterocycles. The second-order valence-corrected chi connectivity index (χ2v) is 5.40. The van der Waals surface area contributed by atoms with E-state index in [0.29, 0.717) is 13.0 Å². The molecule has 1 atom stereocenters. The van der Waals surface area contributed by atoms with Crippen molar-refractivity contribution in [3.8, 4) is 0 Å². The predicted molar refractivity (Wildman–Crippen MR) is 80.6 cm³/mol. The Morgan fingerprint density at radius 2 is 2.00 bits per heavy atom. The van der Waals surface area contributed by atoms with Crippen molar-refractivity contribution in [2.75, 3.05) is 26.3 Å². The van der Waals surface area contributed by atoms with Gasteiger partial charge in [-0.25, -0.2) is 0 Å².